The van der Waals surface area contributed by atoms with Gasteiger partial charge in [0.15, 0.2) is 5.81 Å². The summed E-state index contributed by atoms with van der Waals surface area (Å²) in [4.78, 5) is 11.3. The second kappa shape index (κ2) is 12.4. The largest absolute Gasteiger partial charge is 0.393 e. The van der Waals surface area contributed by atoms with Crippen LogP contribution >= 0.6 is 0 Å². The Morgan fingerprint density at radius 2 is 1.42 bits per heavy atom. The fourth-order valence-corrected chi connectivity index (χ4v) is 2.94. The van der Waals surface area contributed by atoms with Gasteiger partial charge in [0.2, 0.25) is 7.85 Å². The predicted octanol–water partition coefficient (Wildman–Crippen LogP) is 3.31. The Bertz CT molecular complexity index is 622. The SMILES string of the molecule is [B]C.[B]C(=O)N[C@@H](Cc1ccccc1)C[C@H](O)[C@@H](C)Cc1ccccc1. The molecule has 3 atom stereocenters. The third-order valence-corrected chi connectivity index (χ3v) is 4.25. The molecule has 1 amide bonds. The number of carbonyl (C=O) groups excluding carboxylic acids is 1. The summed E-state index contributed by atoms with van der Waals surface area (Å²) in [5.74, 6) is -0.459. The quantitative estimate of drug-likeness (QED) is 0.720. The predicted molar refractivity (Wildman–Crippen MR) is 110 cm³/mol. The molecule has 0 bridgehead atoms. The van der Waals surface area contributed by atoms with Crippen molar-refractivity contribution < 1.29 is 9.90 Å². The molecule has 0 heterocycles. The third kappa shape index (κ3) is 8.39. The topological polar surface area (TPSA) is 49.3 Å². The molecule has 0 aliphatic heterocycles. The van der Waals surface area contributed by atoms with Crippen LogP contribution in [0.4, 0.5) is 4.79 Å². The van der Waals surface area contributed by atoms with Crippen molar-refractivity contribution in [1.29, 1.82) is 0 Å². The van der Waals surface area contributed by atoms with E-state index in [1.807, 2.05) is 55.5 Å². The van der Waals surface area contributed by atoms with Crippen molar-refractivity contribution in [3.05, 3.63) is 71.8 Å². The summed E-state index contributed by atoms with van der Waals surface area (Å²) in [5, 5.41) is 13.3. The molecule has 2 aromatic rings. The van der Waals surface area contributed by atoms with Gasteiger partial charge in [-0.2, -0.15) is 0 Å². The summed E-state index contributed by atoms with van der Waals surface area (Å²) in [6.45, 7) is 3.53. The number of amides is 1. The van der Waals surface area contributed by atoms with Crippen LogP contribution in [0.2, 0.25) is 6.82 Å². The summed E-state index contributed by atoms with van der Waals surface area (Å²) in [5.41, 5.74) is 2.31. The fourth-order valence-electron chi connectivity index (χ4n) is 2.94. The van der Waals surface area contributed by atoms with E-state index in [1.54, 1.807) is 0 Å². The van der Waals surface area contributed by atoms with Gasteiger partial charge < -0.3 is 10.4 Å². The van der Waals surface area contributed by atoms with E-state index < -0.39 is 11.9 Å². The highest BCUT2D eigenvalue weighted by molar-refractivity contribution is 6.57. The van der Waals surface area contributed by atoms with Crippen molar-refractivity contribution in [2.45, 2.75) is 45.2 Å². The Hall–Kier alpha value is -2.00. The summed E-state index contributed by atoms with van der Waals surface area (Å²) in [7, 11) is 9.79. The van der Waals surface area contributed by atoms with E-state index in [2.05, 4.69) is 25.3 Å². The average Bonchev–Trinajstić information content (AvgIpc) is 2.64. The molecular formula is C21H27B2NO2. The van der Waals surface area contributed by atoms with E-state index in [1.165, 1.54) is 12.4 Å². The van der Waals surface area contributed by atoms with Crippen LogP contribution in [-0.2, 0) is 12.8 Å². The first-order valence-corrected chi connectivity index (χ1v) is 8.94. The fraction of sp³-hybridized carbons (Fsp3) is 0.381. The number of nitrogens with one attached hydrogen (secondary N) is 1. The van der Waals surface area contributed by atoms with Gasteiger partial charge in [-0.1, -0.05) is 74.4 Å². The van der Waals surface area contributed by atoms with Crippen LogP contribution in [0.25, 0.3) is 0 Å². The molecule has 0 aliphatic rings. The lowest BCUT2D eigenvalue weighted by molar-refractivity contribution is 0.0970. The van der Waals surface area contributed by atoms with Crippen molar-refractivity contribution in [2.75, 3.05) is 0 Å². The molecule has 0 unspecified atom stereocenters. The zero-order valence-corrected chi connectivity index (χ0v) is 15.6. The van der Waals surface area contributed by atoms with Gasteiger partial charge in [-0.25, -0.2) is 0 Å². The van der Waals surface area contributed by atoms with Crippen molar-refractivity contribution in [3.8, 4) is 0 Å². The van der Waals surface area contributed by atoms with Gasteiger partial charge in [0.1, 0.15) is 0 Å². The number of rotatable bonds is 8. The summed E-state index contributed by atoms with van der Waals surface area (Å²) in [6, 6.07) is 19.8. The zero-order valence-electron chi connectivity index (χ0n) is 15.6. The minimum Gasteiger partial charge on any atom is -0.393 e. The normalized spacial score (nSPS) is 13.7. The van der Waals surface area contributed by atoms with E-state index >= 15 is 0 Å². The van der Waals surface area contributed by atoms with E-state index in [0.717, 1.165) is 12.0 Å². The van der Waals surface area contributed by atoms with Crippen LogP contribution in [0.5, 0.6) is 0 Å². The van der Waals surface area contributed by atoms with Gasteiger partial charge in [0.25, 0.3) is 0 Å². The van der Waals surface area contributed by atoms with Crippen LogP contribution in [0.15, 0.2) is 60.7 Å². The molecule has 5 heteroatoms. The van der Waals surface area contributed by atoms with Crippen LogP contribution in [0.3, 0.4) is 0 Å². The molecular weight excluding hydrogens is 320 g/mol. The van der Waals surface area contributed by atoms with Crippen molar-refractivity contribution in [3.63, 3.8) is 0 Å². The first-order chi connectivity index (χ1) is 12.5. The van der Waals surface area contributed by atoms with E-state index in [-0.39, 0.29) is 12.0 Å². The molecule has 3 nitrogen and oxygen atoms in total. The Labute approximate surface area is 160 Å². The number of benzene rings is 2. The van der Waals surface area contributed by atoms with Crippen molar-refractivity contribution in [1.82, 2.24) is 5.32 Å². The summed E-state index contributed by atoms with van der Waals surface area (Å²) in [6.07, 6.45) is 1.42. The molecule has 0 aliphatic carbocycles. The lowest BCUT2D eigenvalue weighted by atomic mass is 9.89. The number of aliphatic hydroxyl groups excluding tert-OH is 1. The molecule has 0 fully saturated rings. The Morgan fingerprint density at radius 1 is 0.962 bits per heavy atom. The molecule has 26 heavy (non-hydrogen) atoms. The monoisotopic (exact) mass is 347 g/mol. The average molecular weight is 347 g/mol. The first-order valence-electron chi connectivity index (χ1n) is 8.94. The zero-order chi connectivity index (χ0) is 19.4. The lowest BCUT2D eigenvalue weighted by Gasteiger charge is -2.25. The number of carbonyl (C=O) groups is 1. The van der Waals surface area contributed by atoms with Crippen LogP contribution in [-0.4, -0.2) is 38.8 Å². The van der Waals surface area contributed by atoms with Crippen LogP contribution in [0.1, 0.15) is 24.5 Å². The van der Waals surface area contributed by atoms with Gasteiger partial charge in [-0.15, -0.1) is 0 Å². The minimum atomic E-state index is -0.557. The highest BCUT2D eigenvalue weighted by Gasteiger charge is 2.21. The second-order valence-electron chi connectivity index (χ2n) is 6.37. The third-order valence-electron chi connectivity index (χ3n) is 4.25. The Kier molecular flexibility index (Phi) is 10.5. The summed E-state index contributed by atoms with van der Waals surface area (Å²) >= 11 is 0. The number of hydrogen-bond acceptors (Lipinski definition) is 2. The Balaban J connectivity index is 0.00000163. The number of hydrogen-bond donors (Lipinski definition) is 2. The maximum absolute atomic E-state index is 11.3. The van der Waals surface area contributed by atoms with Crippen molar-refractivity contribution in [2.24, 2.45) is 5.92 Å². The smallest absolute Gasteiger partial charge is 0.200 e. The standard InChI is InChI=1S/C20H24BNO2.CH3B/c1-15(12-16-8-4-2-5-9-16)19(23)14-18(22-20(21)24)13-17-10-6-3-7-11-17;1-2/h2-11,15,18-19,23H,12-14H2,1H3,(H,22,24);1H3/t15-,18-,19-;/m0./s1. The molecule has 134 valence electrons. The summed E-state index contributed by atoms with van der Waals surface area (Å²) < 4.78 is 0. The molecule has 0 saturated heterocycles. The van der Waals surface area contributed by atoms with Gasteiger partial charge in [0.05, 0.1) is 14.0 Å². The van der Waals surface area contributed by atoms with Crippen LogP contribution in [0, 0.1) is 5.92 Å². The van der Waals surface area contributed by atoms with E-state index in [0.29, 0.717) is 12.8 Å². The maximum Gasteiger partial charge on any atom is 0.200 e. The molecule has 2 aromatic carbocycles. The number of aliphatic hydroxyl groups is 1. The molecule has 4 radical (unpaired) electrons. The molecule has 0 saturated carbocycles. The first kappa shape index (κ1) is 22.0. The highest BCUT2D eigenvalue weighted by atomic mass is 16.3. The Morgan fingerprint density at radius 3 is 1.88 bits per heavy atom. The van der Waals surface area contributed by atoms with E-state index in [9.17, 15) is 9.90 Å². The maximum atomic E-state index is 11.3. The molecule has 0 aromatic heterocycles. The van der Waals surface area contributed by atoms with Gasteiger partial charge >= 0.3 is 0 Å². The van der Waals surface area contributed by atoms with Crippen LogP contribution < -0.4 is 5.32 Å². The van der Waals surface area contributed by atoms with Crippen molar-refractivity contribution >= 4 is 21.5 Å². The highest BCUT2D eigenvalue weighted by Crippen LogP contribution is 2.17. The van der Waals surface area contributed by atoms with E-state index in [4.69, 9.17) is 7.85 Å². The lowest BCUT2D eigenvalue weighted by Crippen LogP contribution is -2.39. The van der Waals surface area contributed by atoms with Gasteiger partial charge in [0, 0.05) is 6.04 Å². The molecule has 2 rings (SSSR count). The molecule has 0 spiro atoms. The van der Waals surface area contributed by atoms with Gasteiger partial charge in [-0.3, -0.25) is 4.79 Å². The van der Waals surface area contributed by atoms with Gasteiger partial charge in [-0.05, 0) is 36.3 Å². The minimum absolute atomic E-state index is 0.0975. The second-order valence-corrected chi connectivity index (χ2v) is 6.37. The molecule has 2 N–H and O–H groups in total.